The first kappa shape index (κ1) is 14.2. The van der Waals surface area contributed by atoms with Crippen molar-refractivity contribution in [1.82, 2.24) is 0 Å². The molecule has 0 radical (unpaired) electrons. The zero-order valence-electron chi connectivity index (χ0n) is 12.4. The predicted molar refractivity (Wildman–Crippen MR) is 89.2 cm³/mol. The van der Waals surface area contributed by atoms with Gasteiger partial charge in [0.2, 0.25) is 0 Å². The van der Waals surface area contributed by atoms with E-state index < -0.39 is 0 Å². The largest absolute Gasteiger partial charge is 0.508 e. The average Bonchev–Trinajstić information content (AvgIpc) is 2.55. The fourth-order valence-corrected chi connectivity index (χ4v) is 2.89. The summed E-state index contributed by atoms with van der Waals surface area (Å²) in [4.78, 5) is 0. The highest BCUT2D eigenvalue weighted by Gasteiger charge is 2.19. The molecule has 0 heterocycles. The first-order valence-electron chi connectivity index (χ1n) is 7.33. The highest BCUT2D eigenvalue weighted by molar-refractivity contribution is 5.72. The molecule has 0 amide bonds. The van der Waals surface area contributed by atoms with E-state index in [0.29, 0.717) is 0 Å². The second-order valence-electron chi connectivity index (χ2n) is 5.38. The normalized spacial score (nSPS) is 12.0. The number of aromatic hydroxyl groups is 2. The molecule has 2 nitrogen and oxygen atoms in total. The van der Waals surface area contributed by atoms with Crippen LogP contribution in [0.1, 0.15) is 24.0 Å². The molecule has 3 rings (SSSR count). The van der Waals surface area contributed by atoms with Gasteiger partial charge in [-0.1, -0.05) is 67.6 Å². The Kier molecular flexibility index (Phi) is 3.84. The van der Waals surface area contributed by atoms with Gasteiger partial charge in [0.25, 0.3) is 0 Å². The van der Waals surface area contributed by atoms with E-state index >= 15 is 0 Å². The summed E-state index contributed by atoms with van der Waals surface area (Å²) >= 11 is 0. The third-order valence-electron chi connectivity index (χ3n) is 4.00. The Labute approximate surface area is 130 Å². The summed E-state index contributed by atoms with van der Waals surface area (Å²) in [6.07, 6.45) is 0. The molecule has 0 aliphatic carbocycles. The first-order chi connectivity index (χ1) is 10.7. The van der Waals surface area contributed by atoms with E-state index in [0.717, 1.165) is 22.3 Å². The van der Waals surface area contributed by atoms with Crippen molar-refractivity contribution in [1.29, 1.82) is 0 Å². The number of benzene rings is 3. The molecule has 110 valence electrons. The minimum atomic E-state index is -0.113. The lowest BCUT2D eigenvalue weighted by Crippen LogP contribution is -2.00. The maximum Gasteiger partial charge on any atom is 0.120 e. The number of hydrogen-bond donors (Lipinski definition) is 2. The minimum absolute atomic E-state index is 0.113. The van der Waals surface area contributed by atoms with Crippen molar-refractivity contribution in [2.75, 3.05) is 0 Å². The molecule has 2 N–H and O–H groups in total. The van der Waals surface area contributed by atoms with Crippen LogP contribution in [0.3, 0.4) is 0 Å². The first-order valence-corrected chi connectivity index (χ1v) is 7.33. The van der Waals surface area contributed by atoms with Crippen LogP contribution in [0, 0.1) is 0 Å². The molecule has 1 atom stereocenters. The van der Waals surface area contributed by atoms with Crippen LogP contribution < -0.4 is 0 Å². The number of rotatable bonds is 3. The van der Waals surface area contributed by atoms with Gasteiger partial charge in [-0.05, 0) is 23.3 Å². The van der Waals surface area contributed by atoms with Gasteiger partial charge in [-0.25, -0.2) is 0 Å². The lowest BCUT2D eigenvalue weighted by atomic mass is 9.86. The minimum Gasteiger partial charge on any atom is -0.508 e. The van der Waals surface area contributed by atoms with E-state index in [1.165, 1.54) is 0 Å². The molecule has 0 aromatic heterocycles. The molecular weight excluding hydrogens is 272 g/mol. The molecule has 0 saturated heterocycles. The third kappa shape index (κ3) is 2.56. The van der Waals surface area contributed by atoms with Gasteiger partial charge in [0.05, 0.1) is 0 Å². The van der Waals surface area contributed by atoms with Gasteiger partial charge in [-0.3, -0.25) is 0 Å². The molecule has 0 spiro atoms. The Balaban J connectivity index is 2.17. The average molecular weight is 290 g/mol. The Bertz CT molecular complexity index is 779. The lowest BCUT2D eigenvalue weighted by Gasteiger charge is -2.19. The molecule has 3 aromatic carbocycles. The van der Waals surface area contributed by atoms with Crippen LogP contribution in [0.5, 0.6) is 11.5 Å². The molecular formula is C20H18O2. The highest BCUT2D eigenvalue weighted by atomic mass is 16.3. The molecule has 1 unspecified atom stereocenters. The second-order valence-corrected chi connectivity index (χ2v) is 5.38. The molecule has 0 saturated carbocycles. The van der Waals surface area contributed by atoms with Crippen molar-refractivity contribution in [3.05, 3.63) is 83.9 Å². The van der Waals surface area contributed by atoms with Gasteiger partial charge in [0.15, 0.2) is 0 Å². The summed E-state index contributed by atoms with van der Waals surface area (Å²) in [5.41, 5.74) is 3.67. The van der Waals surface area contributed by atoms with Crippen LogP contribution in [0.25, 0.3) is 11.1 Å². The van der Waals surface area contributed by atoms with E-state index in [1.807, 2.05) is 61.5 Å². The Morgan fingerprint density at radius 3 is 2.05 bits per heavy atom. The van der Waals surface area contributed by atoms with Gasteiger partial charge >= 0.3 is 0 Å². The maximum absolute atomic E-state index is 10.4. The molecule has 0 aliphatic heterocycles. The van der Waals surface area contributed by atoms with Gasteiger partial charge < -0.3 is 10.2 Å². The van der Waals surface area contributed by atoms with Crippen molar-refractivity contribution >= 4 is 0 Å². The third-order valence-corrected chi connectivity index (χ3v) is 4.00. The molecule has 0 fully saturated rings. The summed E-state index contributed by atoms with van der Waals surface area (Å²) < 4.78 is 0. The van der Waals surface area contributed by atoms with Crippen molar-refractivity contribution in [2.24, 2.45) is 0 Å². The molecule has 22 heavy (non-hydrogen) atoms. The zero-order chi connectivity index (χ0) is 15.5. The maximum atomic E-state index is 10.4. The van der Waals surface area contributed by atoms with Crippen LogP contribution >= 0.6 is 0 Å². The molecule has 3 aromatic rings. The van der Waals surface area contributed by atoms with Crippen LogP contribution in [-0.2, 0) is 0 Å². The monoisotopic (exact) mass is 290 g/mol. The van der Waals surface area contributed by atoms with Crippen LogP contribution in [0.4, 0.5) is 0 Å². The summed E-state index contributed by atoms with van der Waals surface area (Å²) in [7, 11) is 0. The Morgan fingerprint density at radius 1 is 0.682 bits per heavy atom. The zero-order valence-corrected chi connectivity index (χ0v) is 12.4. The lowest BCUT2D eigenvalue weighted by molar-refractivity contribution is 0.457. The van der Waals surface area contributed by atoms with Gasteiger partial charge in [0.1, 0.15) is 11.5 Å². The Morgan fingerprint density at radius 2 is 1.32 bits per heavy atom. The fraction of sp³-hybridized carbons (Fsp3) is 0.100. The van der Waals surface area contributed by atoms with Crippen LogP contribution in [0.2, 0.25) is 0 Å². The summed E-state index contributed by atoms with van der Waals surface area (Å²) in [5.74, 6) is 0.381. The topological polar surface area (TPSA) is 40.5 Å². The van der Waals surface area contributed by atoms with Crippen LogP contribution in [0.15, 0.2) is 72.8 Å². The van der Waals surface area contributed by atoms with Crippen molar-refractivity contribution in [2.45, 2.75) is 12.8 Å². The van der Waals surface area contributed by atoms with Crippen molar-refractivity contribution < 1.29 is 10.2 Å². The van der Waals surface area contributed by atoms with Crippen molar-refractivity contribution in [3.63, 3.8) is 0 Å². The van der Waals surface area contributed by atoms with E-state index in [9.17, 15) is 10.2 Å². The van der Waals surface area contributed by atoms with E-state index in [4.69, 9.17) is 0 Å². The Hall–Kier alpha value is -2.74. The van der Waals surface area contributed by atoms with E-state index in [-0.39, 0.29) is 17.4 Å². The van der Waals surface area contributed by atoms with E-state index in [2.05, 4.69) is 0 Å². The van der Waals surface area contributed by atoms with Gasteiger partial charge in [-0.2, -0.15) is 0 Å². The summed E-state index contributed by atoms with van der Waals surface area (Å²) in [6.45, 7) is 2.00. The van der Waals surface area contributed by atoms with E-state index in [1.54, 1.807) is 18.2 Å². The number of hydrogen-bond acceptors (Lipinski definition) is 2. The summed E-state index contributed by atoms with van der Waals surface area (Å²) in [5, 5.41) is 20.5. The molecule has 2 heteroatoms. The fourth-order valence-electron chi connectivity index (χ4n) is 2.89. The van der Waals surface area contributed by atoms with Crippen LogP contribution in [-0.4, -0.2) is 10.2 Å². The summed E-state index contributed by atoms with van der Waals surface area (Å²) in [6, 6.07) is 22.8. The van der Waals surface area contributed by atoms with Crippen molar-refractivity contribution in [3.8, 4) is 22.6 Å². The number of para-hydroxylation sites is 1. The molecule has 0 bridgehead atoms. The van der Waals surface area contributed by atoms with Gasteiger partial charge in [-0.15, -0.1) is 0 Å². The predicted octanol–water partition coefficient (Wildman–Crippen LogP) is 4.92. The highest BCUT2D eigenvalue weighted by Crippen LogP contribution is 2.40. The standard InChI is InChI=1S/C20H18O2/c1-14(16-10-5-6-12-18(16)21)20-17(11-7-13-19(20)22)15-8-3-2-4-9-15/h2-14,21-22H,1H3. The molecule has 0 aliphatic rings. The van der Waals surface area contributed by atoms with Gasteiger partial charge in [0, 0.05) is 17.0 Å². The SMILES string of the molecule is CC(c1ccccc1O)c1c(O)cccc1-c1ccccc1. The number of phenols is 2. The smallest absolute Gasteiger partial charge is 0.120 e. The second kappa shape index (κ2) is 5.94. The number of phenolic OH excluding ortho intramolecular Hbond substituents is 2. The quantitative estimate of drug-likeness (QED) is 0.719.